The number of aliphatic hydroxyl groups is 1. The van der Waals surface area contributed by atoms with Gasteiger partial charge in [0.2, 0.25) is 5.91 Å². The highest BCUT2D eigenvalue weighted by molar-refractivity contribution is 5.77. The summed E-state index contributed by atoms with van der Waals surface area (Å²) in [6.45, 7) is 8.21. The second-order valence-corrected chi connectivity index (χ2v) is 4.16. The Hall–Kier alpha value is -0.610. The van der Waals surface area contributed by atoms with Crippen molar-refractivity contribution < 1.29 is 9.90 Å². The Morgan fingerprint density at radius 2 is 2.07 bits per heavy atom. The van der Waals surface area contributed by atoms with E-state index in [1.807, 2.05) is 13.8 Å². The van der Waals surface area contributed by atoms with Gasteiger partial charge in [0.25, 0.3) is 0 Å². The third-order valence-electron chi connectivity index (χ3n) is 2.52. The Morgan fingerprint density at radius 3 is 2.43 bits per heavy atom. The average molecular weight is 202 g/mol. The number of amides is 1. The smallest absolute Gasteiger partial charge is 0.236 e. The SMILES string of the molecule is CCN(C)C(=O)CNC(C)C(C)(C)O. The van der Waals surface area contributed by atoms with Gasteiger partial charge in [-0.25, -0.2) is 0 Å². The van der Waals surface area contributed by atoms with Gasteiger partial charge in [-0.15, -0.1) is 0 Å². The van der Waals surface area contributed by atoms with E-state index in [1.54, 1.807) is 25.8 Å². The van der Waals surface area contributed by atoms with E-state index < -0.39 is 5.60 Å². The van der Waals surface area contributed by atoms with Crippen LogP contribution in [0.3, 0.4) is 0 Å². The van der Waals surface area contributed by atoms with Crippen LogP contribution < -0.4 is 5.32 Å². The van der Waals surface area contributed by atoms with Crippen LogP contribution in [0.25, 0.3) is 0 Å². The minimum atomic E-state index is -0.801. The highest BCUT2D eigenvalue weighted by Crippen LogP contribution is 2.06. The zero-order valence-electron chi connectivity index (χ0n) is 9.79. The first-order chi connectivity index (χ1) is 6.29. The lowest BCUT2D eigenvalue weighted by atomic mass is 10.0. The minimum absolute atomic E-state index is 0.0450. The van der Waals surface area contributed by atoms with Crippen molar-refractivity contribution >= 4 is 5.91 Å². The quantitative estimate of drug-likeness (QED) is 0.670. The molecule has 0 aliphatic heterocycles. The molecule has 0 heterocycles. The van der Waals surface area contributed by atoms with Crippen LogP contribution in [0.5, 0.6) is 0 Å². The third-order valence-corrected chi connectivity index (χ3v) is 2.52. The van der Waals surface area contributed by atoms with Crippen molar-refractivity contribution in [1.29, 1.82) is 0 Å². The molecule has 0 spiro atoms. The molecule has 0 rings (SSSR count). The molecular formula is C10H22N2O2. The van der Waals surface area contributed by atoms with E-state index >= 15 is 0 Å². The molecular weight excluding hydrogens is 180 g/mol. The van der Waals surface area contributed by atoms with Crippen molar-refractivity contribution in [3.63, 3.8) is 0 Å². The van der Waals surface area contributed by atoms with Crippen LogP contribution in [0.1, 0.15) is 27.7 Å². The fourth-order valence-corrected chi connectivity index (χ4v) is 0.801. The molecule has 0 saturated heterocycles. The van der Waals surface area contributed by atoms with Crippen LogP contribution in [0.4, 0.5) is 0 Å². The van der Waals surface area contributed by atoms with E-state index in [0.717, 1.165) is 0 Å². The molecule has 0 aliphatic carbocycles. The summed E-state index contributed by atoms with van der Waals surface area (Å²) in [5.41, 5.74) is -0.801. The predicted molar refractivity (Wildman–Crippen MR) is 57.1 cm³/mol. The minimum Gasteiger partial charge on any atom is -0.389 e. The molecule has 0 aromatic carbocycles. The monoisotopic (exact) mass is 202 g/mol. The van der Waals surface area contributed by atoms with Gasteiger partial charge < -0.3 is 15.3 Å². The number of hydrogen-bond donors (Lipinski definition) is 2. The van der Waals surface area contributed by atoms with E-state index in [2.05, 4.69) is 5.32 Å². The summed E-state index contributed by atoms with van der Waals surface area (Å²) in [6, 6.07) is -0.100. The van der Waals surface area contributed by atoms with Gasteiger partial charge in [-0.1, -0.05) is 0 Å². The van der Waals surface area contributed by atoms with Gasteiger partial charge in [-0.3, -0.25) is 4.79 Å². The average Bonchev–Trinajstić information content (AvgIpc) is 2.10. The molecule has 1 unspecified atom stereocenters. The van der Waals surface area contributed by atoms with E-state index in [4.69, 9.17) is 0 Å². The number of nitrogens with one attached hydrogen (secondary N) is 1. The molecule has 0 aromatic heterocycles. The summed E-state index contributed by atoms with van der Waals surface area (Å²) >= 11 is 0. The van der Waals surface area contributed by atoms with Gasteiger partial charge in [-0.05, 0) is 27.7 Å². The third kappa shape index (κ3) is 4.58. The summed E-state index contributed by atoms with van der Waals surface area (Å²) < 4.78 is 0. The Labute approximate surface area is 86.3 Å². The number of carbonyl (C=O) groups is 1. The summed E-state index contributed by atoms with van der Waals surface area (Å²) in [5.74, 6) is 0.0450. The first kappa shape index (κ1) is 13.4. The zero-order valence-corrected chi connectivity index (χ0v) is 9.79. The number of likely N-dealkylation sites (N-methyl/N-ethyl adjacent to an activating group) is 1. The van der Waals surface area contributed by atoms with Crippen molar-refractivity contribution in [1.82, 2.24) is 10.2 Å². The van der Waals surface area contributed by atoms with Crippen molar-refractivity contribution in [2.75, 3.05) is 20.1 Å². The molecule has 0 aliphatic rings. The van der Waals surface area contributed by atoms with Crippen molar-refractivity contribution in [2.24, 2.45) is 0 Å². The van der Waals surface area contributed by atoms with Gasteiger partial charge in [0, 0.05) is 19.6 Å². The van der Waals surface area contributed by atoms with Crippen LogP contribution in [0.2, 0.25) is 0 Å². The molecule has 4 nitrogen and oxygen atoms in total. The summed E-state index contributed by atoms with van der Waals surface area (Å²) in [4.78, 5) is 13.0. The second-order valence-electron chi connectivity index (χ2n) is 4.16. The van der Waals surface area contributed by atoms with E-state index in [-0.39, 0.29) is 18.5 Å². The molecule has 0 aromatic rings. The fraction of sp³-hybridized carbons (Fsp3) is 0.900. The number of hydrogen-bond acceptors (Lipinski definition) is 3. The predicted octanol–water partition coefficient (Wildman–Crippen LogP) is 0.214. The molecule has 4 heteroatoms. The lowest BCUT2D eigenvalue weighted by Gasteiger charge is -2.27. The van der Waals surface area contributed by atoms with Crippen molar-refractivity contribution in [3.8, 4) is 0 Å². The Balaban J connectivity index is 3.89. The largest absolute Gasteiger partial charge is 0.389 e. The number of carbonyl (C=O) groups excluding carboxylic acids is 1. The maximum absolute atomic E-state index is 11.4. The Morgan fingerprint density at radius 1 is 1.57 bits per heavy atom. The van der Waals surface area contributed by atoms with E-state index in [0.29, 0.717) is 6.54 Å². The van der Waals surface area contributed by atoms with Crippen molar-refractivity contribution in [2.45, 2.75) is 39.3 Å². The van der Waals surface area contributed by atoms with Crippen molar-refractivity contribution in [3.05, 3.63) is 0 Å². The molecule has 0 radical (unpaired) electrons. The summed E-state index contributed by atoms with van der Waals surface area (Å²) in [6.07, 6.45) is 0. The molecule has 0 bridgehead atoms. The van der Waals surface area contributed by atoms with E-state index in [9.17, 15) is 9.90 Å². The van der Waals surface area contributed by atoms with Gasteiger partial charge in [-0.2, -0.15) is 0 Å². The Kier molecular flexibility index (Phi) is 5.08. The van der Waals surface area contributed by atoms with E-state index in [1.165, 1.54) is 0 Å². The molecule has 84 valence electrons. The maximum atomic E-state index is 11.4. The van der Waals surface area contributed by atoms with Crippen LogP contribution in [0.15, 0.2) is 0 Å². The summed E-state index contributed by atoms with van der Waals surface area (Å²) in [5, 5.41) is 12.6. The van der Waals surface area contributed by atoms with Crippen LogP contribution in [-0.2, 0) is 4.79 Å². The lowest BCUT2D eigenvalue weighted by molar-refractivity contribution is -0.129. The van der Waals surface area contributed by atoms with Gasteiger partial charge in [0.05, 0.1) is 12.1 Å². The first-order valence-electron chi connectivity index (χ1n) is 4.98. The molecule has 2 N–H and O–H groups in total. The van der Waals surface area contributed by atoms with Gasteiger partial charge in [0.1, 0.15) is 0 Å². The molecule has 14 heavy (non-hydrogen) atoms. The van der Waals surface area contributed by atoms with Gasteiger partial charge >= 0.3 is 0 Å². The van der Waals surface area contributed by atoms with Crippen LogP contribution >= 0.6 is 0 Å². The first-order valence-corrected chi connectivity index (χ1v) is 4.98. The molecule has 0 saturated carbocycles. The standard InChI is InChI=1S/C10H22N2O2/c1-6-12(5)9(13)7-11-8(2)10(3,4)14/h8,11,14H,6-7H2,1-5H3. The maximum Gasteiger partial charge on any atom is 0.236 e. The Bertz CT molecular complexity index is 187. The highest BCUT2D eigenvalue weighted by Gasteiger charge is 2.22. The van der Waals surface area contributed by atoms with Crippen LogP contribution in [0, 0.1) is 0 Å². The normalized spacial score (nSPS) is 13.9. The zero-order chi connectivity index (χ0) is 11.4. The molecule has 1 atom stereocenters. The second kappa shape index (κ2) is 5.32. The molecule has 1 amide bonds. The highest BCUT2D eigenvalue weighted by atomic mass is 16.3. The molecule has 0 fully saturated rings. The van der Waals surface area contributed by atoms with Gasteiger partial charge in [0.15, 0.2) is 0 Å². The number of rotatable bonds is 5. The van der Waals surface area contributed by atoms with Crippen LogP contribution in [-0.4, -0.2) is 47.7 Å². The number of nitrogens with zero attached hydrogens (tertiary/aromatic N) is 1. The lowest BCUT2D eigenvalue weighted by Crippen LogP contribution is -2.48. The fourth-order valence-electron chi connectivity index (χ4n) is 0.801. The summed E-state index contributed by atoms with van der Waals surface area (Å²) in [7, 11) is 1.76. The topological polar surface area (TPSA) is 52.6 Å².